The second-order valence-corrected chi connectivity index (χ2v) is 7.42. The van der Waals surface area contributed by atoms with Crippen LogP contribution in [0.15, 0.2) is 30.3 Å². The molecule has 1 aromatic carbocycles. The normalized spacial score (nSPS) is 23.3. The molecule has 2 unspecified atom stereocenters. The first-order valence-electron chi connectivity index (χ1n) is 8.85. The Morgan fingerprint density at radius 1 is 1.23 bits per heavy atom. The van der Waals surface area contributed by atoms with Gasteiger partial charge in [-0.3, -0.25) is 9.59 Å². The molecular weight excluding hydrogens is 347 g/mol. The summed E-state index contributed by atoms with van der Waals surface area (Å²) in [5.74, 6) is -3.83. The van der Waals surface area contributed by atoms with Crippen molar-refractivity contribution in [1.29, 1.82) is 0 Å². The van der Waals surface area contributed by atoms with Crippen molar-refractivity contribution in [3.8, 4) is 0 Å². The van der Waals surface area contributed by atoms with E-state index in [2.05, 4.69) is 0 Å². The standard InChI is InChI=1S/C19H22F3NO3/c20-19(21,22)15-7-10-23(12-18(15)8-4-9-18)16(24)11-14(17(25)26)13-5-2-1-3-6-13/h1-3,5-6,14-15H,4,7-12H2,(H,25,26). The first-order valence-corrected chi connectivity index (χ1v) is 8.85. The molecule has 1 aromatic rings. The SMILES string of the molecule is O=C(O)C(CC(=O)N1CCC(C(F)(F)F)C2(CCC2)C1)c1ccccc1. The number of amides is 1. The zero-order valence-electron chi connectivity index (χ0n) is 14.3. The summed E-state index contributed by atoms with van der Waals surface area (Å²) in [6, 6.07) is 8.46. The predicted octanol–water partition coefficient (Wildman–Crippen LogP) is 3.83. The van der Waals surface area contributed by atoms with Gasteiger partial charge in [-0.05, 0) is 30.2 Å². The zero-order chi connectivity index (χ0) is 18.9. The third kappa shape index (κ3) is 3.57. The monoisotopic (exact) mass is 369 g/mol. The molecule has 1 spiro atoms. The number of hydrogen-bond donors (Lipinski definition) is 1. The molecule has 1 aliphatic carbocycles. The number of nitrogens with zero attached hydrogens (tertiary/aromatic N) is 1. The molecule has 0 radical (unpaired) electrons. The Bertz CT molecular complexity index is 670. The molecule has 4 nitrogen and oxygen atoms in total. The van der Waals surface area contributed by atoms with E-state index in [1.807, 2.05) is 0 Å². The fraction of sp³-hybridized carbons (Fsp3) is 0.579. The molecular formula is C19H22F3NO3. The van der Waals surface area contributed by atoms with E-state index >= 15 is 0 Å². The zero-order valence-corrected chi connectivity index (χ0v) is 14.3. The summed E-state index contributed by atoms with van der Waals surface area (Å²) >= 11 is 0. The van der Waals surface area contributed by atoms with Crippen LogP contribution in [0.5, 0.6) is 0 Å². The van der Waals surface area contributed by atoms with E-state index in [1.54, 1.807) is 30.3 Å². The highest BCUT2D eigenvalue weighted by atomic mass is 19.4. The molecule has 0 aromatic heterocycles. The maximum atomic E-state index is 13.3. The smallest absolute Gasteiger partial charge is 0.392 e. The van der Waals surface area contributed by atoms with Gasteiger partial charge in [-0.1, -0.05) is 36.8 Å². The molecule has 1 N–H and O–H groups in total. The van der Waals surface area contributed by atoms with Gasteiger partial charge in [0.1, 0.15) is 0 Å². The van der Waals surface area contributed by atoms with Gasteiger partial charge in [0.15, 0.2) is 0 Å². The topological polar surface area (TPSA) is 57.6 Å². The molecule has 2 aliphatic rings. The second-order valence-electron chi connectivity index (χ2n) is 7.42. The summed E-state index contributed by atoms with van der Waals surface area (Å²) in [5.41, 5.74) is -0.352. The Labute approximate surface area is 150 Å². The maximum absolute atomic E-state index is 13.3. The number of aliphatic carboxylic acids is 1. The van der Waals surface area contributed by atoms with Crippen LogP contribution < -0.4 is 0 Å². The number of carboxylic acid groups (broad SMARTS) is 1. The Morgan fingerprint density at radius 2 is 1.88 bits per heavy atom. The van der Waals surface area contributed by atoms with E-state index in [9.17, 15) is 27.9 Å². The molecule has 1 heterocycles. The van der Waals surface area contributed by atoms with Crippen molar-refractivity contribution < 1.29 is 27.9 Å². The van der Waals surface area contributed by atoms with E-state index in [4.69, 9.17) is 0 Å². The van der Waals surface area contributed by atoms with Gasteiger partial charge in [0.25, 0.3) is 0 Å². The Kier molecular flexibility index (Phi) is 4.99. The number of carbonyl (C=O) groups excluding carboxylic acids is 1. The minimum atomic E-state index is -4.25. The van der Waals surface area contributed by atoms with Gasteiger partial charge in [0.2, 0.25) is 5.91 Å². The van der Waals surface area contributed by atoms with Crippen LogP contribution in [0.4, 0.5) is 13.2 Å². The number of likely N-dealkylation sites (tertiary alicyclic amines) is 1. The number of carboxylic acids is 1. The van der Waals surface area contributed by atoms with Crippen molar-refractivity contribution in [2.24, 2.45) is 11.3 Å². The average molecular weight is 369 g/mol. The third-order valence-corrected chi connectivity index (χ3v) is 5.91. The lowest BCUT2D eigenvalue weighted by molar-refractivity contribution is -0.237. The number of piperidine rings is 1. The molecule has 1 saturated heterocycles. The van der Waals surface area contributed by atoms with Crippen molar-refractivity contribution in [1.82, 2.24) is 4.90 Å². The quantitative estimate of drug-likeness (QED) is 0.878. The van der Waals surface area contributed by atoms with Gasteiger partial charge < -0.3 is 10.0 Å². The number of hydrogen-bond acceptors (Lipinski definition) is 2. The van der Waals surface area contributed by atoms with Crippen LogP contribution in [0.3, 0.4) is 0 Å². The second kappa shape index (κ2) is 6.93. The highest BCUT2D eigenvalue weighted by molar-refractivity contribution is 5.85. The minimum Gasteiger partial charge on any atom is -0.481 e. The van der Waals surface area contributed by atoms with E-state index < -0.39 is 29.4 Å². The van der Waals surface area contributed by atoms with Crippen molar-refractivity contribution in [3.63, 3.8) is 0 Å². The number of benzene rings is 1. The Hall–Kier alpha value is -2.05. The number of carbonyl (C=O) groups is 2. The van der Waals surface area contributed by atoms with Crippen LogP contribution in [0.1, 0.15) is 43.6 Å². The van der Waals surface area contributed by atoms with Crippen molar-refractivity contribution in [2.45, 2.75) is 44.2 Å². The third-order valence-electron chi connectivity index (χ3n) is 5.91. The predicted molar refractivity (Wildman–Crippen MR) is 88.5 cm³/mol. The molecule has 1 amide bonds. The Balaban J connectivity index is 1.71. The van der Waals surface area contributed by atoms with Gasteiger partial charge in [0.05, 0.1) is 11.8 Å². The molecule has 142 valence electrons. The van der Waals surface area contributed by atoms with Gasteiger partial charge >= 0.3 is 12.1 Å². The van der Waals surface area contributed by atoms with Crippen LogP contribution >= 0.6 is 0 Å². The largest absolute Gasteiger partial charge is 0.481 e. The highest BCUT2D eigenvalue weighted by Gasteiger charge is 2.58. The molecule has 0 bridgehead atoms. The first-order chi connectivity index (χ1) is 12.2. The lowest BCUT2D eigenvalue weighted by Gasteiger charge is -2.54. The number of alkyl halides is 3. The summed E-state index contributed by atoms with van der Waals surface area (Å²) in [6.45, 7) is 0.114. The van der Waals surface area contributed by atoms with Gasteiger partial charge in [0, 0.05) is 19.5 Å². The molecule has 26 heavy (non-hydrogen) atoms. The average Bonchev–Trinajstić information content (AvgIpc) is 2.57. The maximum Gasteiger partial charge on any atom is 0.392 e. The summed E-state index contributed by atoms with van der Waals surface area (Å²) in [4.78, 5) is 25.7. The van der Waals surface area contributed by atoms with E-state index in [0.29, 0.717) is 18.4 Å². The van der Waals surface area contributed by atoms with E-state index in [0.717, 1.165) is 6.42 Å². The van der Waals surface area contributed by atoms with Gasteiger partial charge in [-0.25, -0.2) is 0 Å². The lowest BCUT2D eigenvalue weighted by Crippen LogP contribution is -2.57. The molecule has 1 saturated carbocycles. The summed E-state index contributed by atoms with van der Waals surface area (Å²) in [6.07, 6.45) is -2.88. The van der Waals surface area contributed by atoms with Crippen molar-refractivity contribution in [3.05, 3.63) is 35.9 Å². The molecule has 2 fully saturated rings. The number of halogens is 3. The fourth-order valence-electron chi connectivity index (χ4n) is 4.36. The molecule has 1 aliphatic heterocycles. The molecule has 3 rings (SSSR count). The lowest BCUT2D eigenvalue weighted by atomic mass is 9.58. The molecule has 2 atom stereocenters. The van der Waals surface area contributed by atoms with Crippen LogP contribution in [0, 0.1) is 11.3 Å². The van der Waals surface area contributed by atoms with Crippen LogP contribution in [0.25, 0.3) is 0 Å². The number of rotatable bonds is 4. The van der Waals surface area contributed by atoms with Crippen LogP contribution in [-0.2, 0) is 9.59 Å². The fourth-order valence-corrected chi connectivity index (χ4v) is 4.36. The van der Waals surface area contributed by atoms with Crippen molar-refractivity contribution in [2.75, 3.05) is 13.1 Å². The van der Waals surface area contributed by atoms with Gasteiger partial charge in [-0.2, -0.15) is 13.2 Å². The van der Waals surface area contributed by atoms with Crippen LogP contribution in [0.2, 0.25) is 0 Å². The summed E-state index contributed by atoms with van der Waals surface area (Å²) in [5, 5.41) is 9.46. The minimum absolute atomic E-state index is 0.0336. The van der Waals surface area contributed by atoms with Crippen LogP contribution in [-0.4, -0.2) is 41.1 Å². The summed E-state index contributed by atoms with van der Waals surface area (Å²) < 4.78 is 40.0. The van der Waals surface area contributed by atoms with E-state index in [1.165, 1.54) is 4.90 Å². The van der Waals surface area contributed by atoms with Crippen molar-refractivity contribution >= 4 is 11.9 Å². The summed E-state index contributed by atoms with van der Waals surface area (Å²) in [7, 11) is 0. The highest BCUT2D eigenvalue weighted by Crippen LogP contribution is 2.56. The Morgan fingerprint density at radius 3 is 2.38 bits per heavy atom. The van der Waals surface area contributed by atoms with E-state index in [-0.39, 0.29) is 31.8 Å². The molecule has 7 heteroatoms. The first kappa shape index (κ1) is 18.7. The van der Waals surface area contributed by atoms with Gasteiger partial charge in [-0.15, -0.1) is 0 Å².